The average Bonchev–Trinajstić information content (AvgIpc) is 2.13. The molecular formula is C9H15ClN2O. The fraction of sp³-hybridized carbons (Fsp3) is 0.889. The Kier molecular flexibility index (Phi) is 3.98. The summed E-state index contributed by atoms with van der Waals surface area (Å²) in [6, 6.07) is 2.12. The van der Waals surface area contributed by atoms with E-state index in [1.165, 1.54) is 0 Å². The molecule has 0 bridgehead atoms. The van der Waals surface area contributed by atoms with E-state index < -0.39 is 5.38 Å². The van der Waals surface area contributed by atoms with Crippen molar-refractivity contribution in [2.45, 2.75) is 37.3 Å². The first-order valence-electron chi connectivity index (χ1n) is 4.61. The van der Waals surface area contributed by atoms with Crippen molar-refractivity contribution in [2.24, 2.45) is 0 Å². The van der Waals surface area contributed by atoms with Gasteiger partial charge in [-0.2, -0.15) is 5.26 Å². The fourth-order valence-corrected chi connectivity index (χ4v) is 1.87. The zero-order chi connectivity index (χ0) is 9.84. The van der Waals surface area contributed by atoms with Gasteiger partial charge in [-0.3, -0.25) is 4.90 Å². The van der Waals surface area contributed by atoms with E-state index >= 15 is 0 Å². The molecule has 0 spiro atoms. The largest absolute Gasteiger partial charge is 0.392 e. The van der Waals surface area contributed by atoms with Crippen molar-refractivity contribution in [1.82, 2.24) is 4.90 Å². The second-order valence-electron chi connectivity index (χ2n) is 3.54. The Labute approximate surface area is 83.9 Å². The number of aliphatic hydroxyl groups excluding tert-OH is 1. The predicted octanol–water partition coefficient (Wildman–Crippen LogP) is 0.963. The summed E-state index contributed by atoms with van der Waals surface area (Å²) in [7, 11) is 0. The first-order chi connectivity index (χ1) is 6.15. The number of piperidine rings is 1. The molecule has 1 N–H and O–H groups in total. The van der Waals surface area contributed by atoms with Gasteiger partial charge in [-0.15, -0.1) is 11.6 Å². The molecule has 0 aromatic rings. The number of hydrogen-bond acceptors (Lipinski definition) is 3. The van der Waals surface area contributed by atoms with Crippen molar-refractivity contribution < 1.29 is 5.11 Å². The summed E-state index contributed by atoms with van der Waals surface area (Å²) in [6.45, 7) is 3.46. The Morgan fingerprint density at radius 2 is 2.46 bits per heavy atom. The molecule has 1 rings (SSSR count). The first kappa shape index (κ1) is 10.8. The lowest BCUT2D eigenvalue weighted by molar-refractivity contribution is 0.0216. The number of likely N-dealkylation sites (tertiary alicyclic amines) is 1. The summed E-state index contributed by atoms with van der Waals surface area (Å²) in [6.07, 6.45) is 1.58. The van der Waals surface area contributed by atoms with Crippen LogP contribution in [0.15, 0.2) is 0 Å². The van der Waals surface area contributed by atoms with Crippen LogP contribution in [0.3, 0.4) is 0 Å². The molecule has 0 aromatic heterocycles. The van der Waals surface area contributed by atoms with Crippen molar-refractivity contribution in [3.63, 3.8) is 0 Å². The van der Waals surface area contributed by atoms with Gasteiger partial charge in [0.2, 0.25) is 0 Å². The number of nitrogens with zero attached hydrogens (tertiary/aromatic N) is 2. The highest BCUT2D eigenvalue weighted by Gasteiger charge is 2.27. The van der Waals surface area contributed by atoms with E-state index in [0.717, 1.165) is 19.4 Å². The van der Waals surface area contributed by atoms with Gasteiger partial charge in [0.1, 0.15) is 5.38 Å². The number of nitriles is 1. The molecule has 0 saturated carbocycles. The molecule has 74 valence electrons. The SMILES string of the molecule is CC1C(O)CCCN1CC(Cl)C#N. The van der Waals surface area contributed by atoms with Gasteiger partial charge >= 0.3 is 0 Å². The van der Waals surface area contributed by atoms with Crippen molar-refractivity contribution >= 4 is 11.6 Å². The van der Waals surface area contributed by atoms with E-state index in [1.54, 1.807) is 0 Å². The lowest BCUT2D eigenvalue weighted by atomic mass is 10.0. The highest BCUT2D eigenvalue weighted by atomic mass is 35.5. The van der Waals surface area contributed by atoms with E-state index in [9.17, 15) is 5.11 Å². The van der Waals surface area contributed by atoms with E-state index in [-0.39, 0.29) is 12.1 Å². The summed E-state index contributed by atoms with van der Waals surface area (Å²) in [5.41, 5.74) is 0. The number of rotatable bonds is 2. The standard InChI is InChI=1S/C9H15ClN2O/c1-7-9(13)3-2-4-12(7)6-8(10)5-11/h7-9,13H,2-4,6H2,1H3. The van der Waals surface area contributed by atoms with Gasteiger partial charge in [-0.25, -0.2) is 0 Å². The molecule has 3 nitrogen and oxygen atoms in total. The zero-order valence-corrected chi connectivity index (χ0v) is 8.54. The fourth-order valence-electron chi connectivity index (χ4n) is 1.70. The van der Waals surface area contributed by atoms with Gasteiger partial charge in [0.25, 0.3) is 0 Å². The second kappa shape index (κ2) is 4.80. The molecule has 0 radical (unpaired) electrons. The molecule has 0 amide bonds. The summed E-state index contributed by atoms with van der Waals surface area (Å²) in [5.74, 6) is 0. The monoisotopic (exact) mass is 202 g/mol. The second-order valence-corrected chi connectivity index (χ2v) is 4.07. The van der Waals surface area contributed by atoms with Crippen molar-refractivity contribution in [2.75, 3.05) is 13.1 Å². The topological polar surface area (TPSA) is 47.3 Å². The molecule has 1 aliphatic rings. The van der Waals surface area contributed by atoms with Crippen molar-refractivity contribution in [1.29, 1.82) is 5.26 Å². The van der Waals surface area contributed by atoms with Crippen LogP contribution in [0, 0.1) is 11.3 Å². The third-order valence-corrected chi connectivity index (χ3v) is 2.85. The number of aliphatic hydroxyl groups is 1. The molecule has 1 heterocycles. The van der Waals surface area contributed by atoms with Crippen LogP contribution in [0.2, 0.25) is 0 Å². The molecule has 1 aliphatic heterocycles. The molecule has 13 heavy (non-hydrogen) atoms. The van der Waals surface area contributed by atoms with Gasteiger partial charge in [-0.1, -0.05) is 0 Å². The first-order valence-corrected chi connectivity index (χ1v) is 5.04. The molecule has 3 atom stereocenters. The van der Waals surface area contributed by atoms with Gasteiger partial charge in [0.15, 0.2) is 0 Å². The van der Waals surface area contributed by atoms with Gasteiger partial charge in [-0.05, 0) is 26.3 Å². The summed E-state index contributed by atoms with van der Waals surface area (Å²) in [5, 5.41) is 17.6. The van der Waals surface area contributed by atoms with Crippen LogP contribution in [-0.2, 0) is 0 Å². The molecule has 4 heteroatoms. The van der Waals surface area contributed by atoms with Gasteiger partial charge < -0.3 is 5.11 Å². The Morgan fingerprint density at radius 1 is 1.77 bits per heavy atom. The molecule has 0 aliphatic carbocycles. The normalized spacial score (nSPS) is 32.5. The quantitative estimate of drug-likeness (QED) is 0.679. The number of alkyl halides is 1. The van der Waals surface area contributed by atoms with E-state index in [1.807, 2.05) is 13.0 Å². The lowest BCUT2D eigenvalue weighted by Gasteiger charge is -2.36. The van der Waals surface area contributed by atoms with E-state index in [4.69, 9.17) is 16.9 Å². The number of hydrogen-bond donors (Lipinski definition) is 1. The summed E-state index contributed by atoms with van der Waals surface area (Å²) in [4.78, 5) is 2.08. The predicted molar refractivity (Wildman–Crippen MR) is 51.5 cm³/mol. The van der Waals surface area contributed by atoms with Crippen molar-refractivity contribution in [3.05, 3.63) is 0 Å². The highest BCUT2D eigenvalue weighted by molar-refractivity contribution is 6.22. The van der Waals surface area contributed by atoms with Crippen LogP contribution >= 0.6 is 11.6 Å². The van der Waals surface area contributed by atoms with Crippen LogP contribution < -0.4 is 0 Å². The maximum absolute atomic E-state index is 9.57. The maximum atomic E-state index is 9.57. The van der Waals surface area contributed by atoms with Gasteiger partial charge in [0, 0.05) is 12.6 Å². The van der Waals surface area contributed by atoms with Crippen molar-refractivity contribution in [3.8, 4) is 6.07 Å². The zero-order valence-electron chi connectivity index (χ0n) is 7.78. The molecule has 3 unspecified atom stereocenters. The van der Waals surface area contributed by atoms with Crippen LogP contribution in [-0.4, -0.2) is 40.6 Å². The molecule has 0 aromatic carbocycles. The van der Waals surface area contributed by atoms with Crippen LogP contribution in [0.5, 0.6) is 0 Å². The van der Waals surface area contributed by atoms with Crippen LogP contribution in [0.1, 0.15) is 19.8 Å². The molecule has 1 fully saturated rings. The minimum atomic E-state index is -0.465. The lowest BCUT2D eigenvalue weighted by Crippen LogP contribution is -2.48. The van der Waals surface area contributed by atoms with Gasteiger partial charge in [0.05, 0.1) is 12.2 Å². The van der Waals surface area contributed by atoms with Crippen LogP contribution in [0.25, 0.3) is 0 Å². The smallest absolute Gasteiger partial charge is 0.133 e. The Bertz CT molecular complexity index is 204. The summed E-state index contributed by atoms with van der Waals surface area (Å²) >= 11 is 5.73. The Hall–Kier alpha value is -0.300. The third kappa shape index (κ3) is 2.84. The van der Waals surface area contributed by atoms with Crippen LogP contribution in [0.4, 0.5) is 0 Å². The minimum absolute atomic E-state index is 0.128. The summed E-state index contributed by atoms with van der Waals surface area (Å²) < 4.78 is 0. The Morgan fingerprint density at radius 3 is 3.08 bits per heavy atom. The number of halogens is 1. The van der Waals surface area contributed by atoms with E-state index in [2.05, 4.69) is 4.90 Å². The average molecular weight is 203 g/mol. The maximum Gasteiger partial charge on any atom is 0.133 e. The highest BCUT2D eigenvalue weighted by Crippen LogP contribution is 2.18. The minimum Gasteiger partial charge on any atom is -0.392 e. The Balaban J connectivity index is 2.45. The molecule has 1 saturated heterocycles. The third-order valence-electron chi connectivity index (χ3n) is 2.61. The van der Waals surface area contributed by atoms with E-state index in [0.29, 0.717) is 6.54 Å². The molecular weight excluding hydrogens is 188 g/mol.